The van der Waals surface area contributed by atoms with Crippen LogP contribution in [0.25, 0.3) is 0 Å². The molecule has 2 aliphatic heterocycles. The lowest BCUT2D eigenvalue weighted by Gasteiger charge is -2.35. The molecule has 0 spiro atoms. The monoisotopic (exact) mass is 311 g/mol. The number of aryl methyl sites for hydroxylation is 1. The Morgan fingerprint density at radius 2 is 2.13 bits per heavy atom. The van der Waals surface area contributed by atoms with Crippen LogP contribution >= 0.6 is 0 Å². The van der Waals surface area contributed by atoms with E-state index in [1.807, 2.05) is 25.3 Å². The first-order valence-electron chi connectivity index (χ1n) is 7.93. The topological polar surface area (TPSA) is 62.3 Å². The van der Waals surface area contributed by atoms with Crippen molar-refractivity contribution in [2.75, 3.05) is 25.5 Å². The van der Waals surface area contributed by atoms with Crippen molar-refractivity contribution in [3.63, 3.8) is 0 Å². The van der Waals surface area contributed by atoms with Gasteiger partial charge in [-0.3, -0.25) is 4.90 Å². The van der Waals surface area contributed by atoms with Gasteiger partial charge in [-0.05, 0) is 24.6 Å². The lowest BCUT2D eigenvalue weighted by molar-refractivity contribution is 0.145. The maximum atomic E-state index is 5.31. The van der Waals surface area contributed by atoms with E-state index in [1.54, 1.807) is 7.11 Å². The molecule has 6 nitrogen and oxygen atoms in total. The van der Waals surface area contributed by atoms with Gasteiger partial charge in [-0.25, -0.2) is 9.97 Å². The highest BCUT2D eigenvalue weighted by Gasteiger charge is 2.30. The fourth-order valence-electron chi connectivity index (χ4n) is 3.10. The molecule has 0 saturated carbocycles. The molecule has 1 saturated heterocycles. The Morgan fingerprint density at radius 3 is 2.87 bits per heavy atom. The second-order valence-electron chi connectivity index (χ2n) is 6.25. The summed E-state index contributed by atoms with van der Waals surface area (Å²) in [4.78, 5) is 11.6. The third kappa shape index (κ3) is 2.87. The number of rotatable bonds is 4. The number of fused-ring (bicyclic) bond motifs is 1. The molecule has 1 fully saturated rings. The van der Waals surface area contributed by atoms with Crippen molar-refractivity contribution in [1.82, 2.24) is 20.2 Å². The molecule has 2 aliphatic rings. The van der Waals surface area contributed by atoms with Crippen LogP contribution in [0.15, 0.2) is 24.4 Å². The van der Waals surface area contributed by atoms with E-state index in [9.17, 15) is 0 Å². The SMILES string of the molecule is COc1cc(C)cc(Nc2ncc3c(n2)CN(C2CNC2)C3)c1. The van der Waals surface area contributed by atoms with Crippen molar-refractivity contribution in [2.24, 2.45) is 0 Å². The first-order valence-corrected chi connectivity index (χ1v) is 7.93. The molecule has 0 atom stereocenters. The van der Waals surface area contributed by atoms with Crippen LogP contribution in [0.5, 0.6) is 5.75 Å². The first kappa shape index (κ1) is 14.4. The van der Waals surface area contributed by atoms with Crippen LogP contribution in [-0.4, -0.2) is 41.1 Å². The van der Waals surface area contributed by atoms with E-state index in [0.717, 1.165) is 48.9 Å². The number of anilines is 2. The zero-order chi connectivity index (χ0) is 15.8. The van der Waals surface area contributed by atoms with Crippen LogP contribution in [0, 0.1) is 6.92 Å². The molecule has 0 aliphatic carbocycles. The van der Waals surface area contributed by atoms with E-state index in [0.29, 0.717) is 12.0 Å². The highest BCUT2D eigenvalue weighted by Crippen LogP contribution is 2.26. The van der Waals surface area contributed by atoms with Gasteiger partial charge in [0.1, 0.15) is 5.75 Å². The Bertz CT molecular complexity index is 729. The Labute approximate surface area is 135 Å². The summed E-state index contributed by atoms with van der Waals surface area (Å²) in [5.74, 6) is 1.47. The van der Waals surface area contributed by atoms with Gasteiger partial charge in [0, 0.05) is 55.7 Å². The number of hydrogen-bond donors (Lipinski definition) is 2. The molecule has 23 heavy (non-hydrogen) atoms. The van der Waals surface area contributed by atoms with Gasteiger partial charge in [0.2, 0.25) is 5.95 Å². The molecular formula is C17H21N5O. The van der Waals surface area contributed by atoms with Gasteiger partial charge in [0.25, 0.3) is 0 Å². The second kappa shape index (κ2) is 5.79. The highest BCUT2D eigenvalue weighted by molar-refractivity contribution is 5.57. The minimum atomic E-state index is 0.640. The number of ether oxygens (including phenoxy) is 1. The number of aromatic nitrogens is 2. The molecule has 6 heteroatoms. The molecule has 2 N–H and O–H groups in total. The van der Waals surface area contributed by atoms with Crippen molar-refractivity contribution in [3.05, 3.63) is 41.2 Å². The summed E-state index contributed by atoms with van der Waals surface area (Å²) in [6.45, 7) is 6.07. The summed E-state index contributed by atoms with van der Waals surface area (Å²) >= 11 is 0. The first-order chi connectivity index (χ1) is 11.2. The number of hydrogen-bond acceptors (Lipinski definition) is 6. The van der Waals surface area contributed by atoms with Crippen LogP contribution in [0.3, 0.4) is 0 Å². The summed E-state index contributed by atoms with van der Waals surface area (Å²) in [6.07, 6.45) is 1.95. The van der Waals surface area contributed by atoms with E-state index in [-0.39, 0.29) is 0 Å². The van der Waals surface area contributed by atoms with Crippen molar-refractivity contribution in [2.45, 2.75) is 26.1 Å². The lowest BCUT2D eigenvalue weighted by Crippen LogP contribution is -2.55. The van der Waals surface area contributed by atoms with Crippen LogP contribution in [0.1, 0.15) is 16.8 Å². The third-order valence-electron chi connectivity index (χ3n) is 4.50. The van der Waals surface area contributed by atoms with Gasteiger partial charge in [0.05, 0.1) is 12.8 Å². The van der Waals surface area contributed by atoms with Crippen LogP contribution in [0.4, 0.5) is 11.6 Å². The Balaban J connectivity index is 1.52. The lowest BCUT2D eigenvalue weighted by atomic mass is 10.1. The second-order valence-corrected chi connectivity index (χ2v) is 6.25. The predicted molar refractivity (Wildman–Crippen MR) is 89.0 cm³/mol. The predicted octanol–water partition coefficient (Wildman–Crippen LogP) is 1.82. The van der Waals surface area contributed by atoms with Gasteiger partial charge >= 0.3 is 0 Å². The number of nitrogens with zero attached hydrogens (tertiary/aromatic N) is 3. The molecule has 1 aromatic carbocycles. The zero-order valence-corrected chi connectivity index (χ0v) is 13.5. The average Bonchev–Trinajstić information content (AvgIpc) is 2.87. The van der Waals surface area contributed by atoms with Gasteiger partial charge in [-0.1, -0.05) is 0 Å². The minimum Gasteiger partial charge on any atom is -0.497 e. The fraction of sp³-hybridized carbons (Fsp3) is 0.412. The zero-order valence-electron chi connectivity index (χ0n) is 13.5. The molecule has 0 amide bonds. The fourth-order valence-corrected chi connectivity index (χ4v) is 3.10. The van der Waals surface area contributed by atoms with E-state index in [1.165, 1.54) is 5.56 Å². The maximum Gasteiger partial charge on any atom is 0.227 e. The molecule has 0 bridgehead atoms. The summed E-state index contributed by atoms with van der Waals surface area (Å²) < 4.78 is 5.31. The van der Waals surface area contributed by atoms with Crippen molar-refractivity contribution in [1.29, 1.82) is 0 Å². The van der Waals surface area contributed by atoms with Gasteiger partial charge in [-0.15, -0.1) is 0 Å². The summed E-state index contributed by atoms with van der Waals surface area (Å²) in [5, 5.41) is 6.61. The molecule has 3 heterocycles. The Kier molecular flexibility index (Phi) is 3.63. The largest absolute Gasteiger partial charge is 0.497 e. The Morgan fingerprint density at radius 1 is 1.26 bits per heavy atom. The van der Waals surface area contributed by atoms with Crippen molar-refractivity contribution < 1.29 is 4.74 Å². The quantitative estimate of drug-likeness (QED) is 0.898. The van der Waals surface area contributed by atoms with Crippen molar-refractivity contribution in [3.8, 4) is 5.75 Å². The summed E-state index contributed by atoms with van der Waals surface area (Å²) in [5.41, 5.74) is 4.45. The summed E-state index contributed by atoms with van der Waals surface area (Å²) in [6, 6.07) is 6.65. The number of nitrogens with one attached hydrogen (secondary N) is 2. The molecule has 4 rings (SSSR count). The minimum absolute atomic E-state index is 0.640. The van der Waals surface area contributed by atoms with Crippen LogP contribution < -0.4 is 15.4 Å². The third-order valence-corrected chi connectivity index (χ3v) is 4.50. The van der Waals surface area contributed by atoms with Gasteiger partial charge < -0.3 is 15.4 Å². The van der Waals surface area contributed by atoms with E-state index < -0.39 is 0 Å². The molecule has 1 aromatic heterocycles. The standard InChI is InChI=1S/C17H21N5O/c1-11-3-13(5-15(4-11)23-2)20-17-19-6-12-9-22(10-16(12)21-17)14-7-18-8-14/h3-6,14,18H,7-10H2,1-2H3,(H,19,20,21). The van der Waals surface area contributed by atoms with E-state index in [4.69, 9.17) is 9.72 Å². The van der Waals surface area contributed by atoms with E-state index >= 15 is 0 Å². The van der Waals surface area contributed by atoms with E-state index in [2.05, 4.69) is 26.6 Å². The van der Waals surface area contributed by atoms with Crippen LogP contribution in [-0.2, 0) is 13.1 Å². The summed E-state index contributed by atoms with van der Waals surface area (Å²) in [7, 11) is 1.67. The normalized spacial score (nSPS) is 17.7. The van der Waals surface area contributed by atoms with Crippen molar-refractivity contribution >= 4 is 11.6 Å². The van der Waals surface area contributed by atoms with Gasteiger partial charge in [0.15, 0.2) is 0 Å². The maximum absolute atomic E-state index is 5.31. The highest BCUT2D eigenvalue weighted by atomic mass is 16.5. The number of benzene rings is 1. The smallest absolute Gasteiger partial charge is 0.227 e. The molecular weight excluding hydrogens is 290 g/mol. The molecule has 120 valence electrons. The van der Waals surface area contributed by atoms with Crippen LogP contribution in [0.2, 0.25) is 0 Å². The van der Waals surface area contributed by atoms with Gasteiger partial charge in [-0.2, -0.15) is 0 Å². The molecule has 0 unspecified atom stereocenters. The average molecular weight is 311 g/mol. The molecule has 0 radical (unpaired) electrons. The molecule has 2 aromatic rings. The Hall–Kier alpha value is -2.18. The number of methoxy groups -OCH3 is 1.